The lowest BCUT2D eigenvalue weighted by molar-refractivity contribution is 0.317. The maximum absolute atomic E-state index is 9.82. The number of nitrogens with one attached hydrogen (secondary N) is 1. The third-order valence-corrected chi connectivity index (χ3v) is 3.91. The highest BCUT2D eigenvalue weighted by Gasteiger charge is 2.24. The Morgan fingerprint density at radius 1 is 1.09 bits per heavy atom. The standard InChI is InChI=1S/C17H19NO4/c1-2-22-16-8-11(3-4-13(16)19)17-12-9-15(21)14(20)7-10(12)5-6-18-17/h3-4,7-9,17-21H,2,5-6H2,1H3/t17-/m1/s1. The Kier molecular flexibility index (Phi) is 3.81. The lowest BCUT2D eigenvalue weighted by Crippen LogP contribution is -2.30. The van der Waals surface area contributed by atoms with Crippen LogP contribution in [0.25, 0.3) is 0 Å². The minimum atomic E-state index is -0.128. The third kappa shape index (κ3) is 2.55. The predicted molar refractivity (Wildman–Crippen MR) is 82.6 cm³/mol. The quantitative estimate of drug-likeness (QED) is 0.655. The monoisotopic (exact) mass is 301 g/mol. The Bertz CT molecular complexity index is 699. The van der Waals surface area contributed by atoms with E-state index in [0.717, 1.165) is 29.7 Å². The molecule has 4 N–H and O–H groups in total. The Labute approximate surface area is 128 Å². The SMILES string of the molecule is CCOc1cc([C@H]2NCCc3cc(O)c(O)cc32)ccc1O. The van der Waals surface area contributed by atoms with Crippen molar-refractivity contribution in [1.29, 1.82) is 0 Å². The normalized spacial score (nSPS) is 17.0. The molecule has 3 rings (SSSR count). The summed E-state index contributed by atoms with van der Waals surface area (Å²) in [5.74, 6) is 0.323. The molecule has 0 spiro atoms. The van der Waals surface area contributed by atoms with Gasteiger partial charge in [0, 0.05) is 6.54 Å². The van der Waals surface area contributed by atoms with E-state index in [-0.39, 0.29) is 23.3 Å². The van der Waals surface area contributed by atoms with Gasteiger partial charge in [-0.2, -0.15) is 0 Å². The summed E-state index contributed by atoms with van der Waals surface area (Å²) < 4.78 is 5.43. The summed E-state index contributed by atoms with van der Waals surface area (Å²) in [7, 11) is 0. The molecular weight excluding hydrogens is 282 g/mol. The summed E-state index contributed by atoms with van der Waals surface area (Å²) in [4.78, 5) is 0. The number of ether oxygens (including phenoxy) is 1. The van der Waals surface area contributed by atoms with Gasteiger partial charge in [-0.25, -0.2) is 0 Å². The molecule has 2 aromatic rings. The van der Waals surface area contributed by atoms with Crippen LogP contribution in [0.15, 0.2) is 30.3 Å². The fraction of sp³-hybridized carbons (Fsp3) is 0.294. The lowest BCUT2D eigenvalue weighted by atomic mass is 9.89. The molecule has 5 heteroatoms. The summed E-state index contributed by atoms with van der Waals surface area (Å²) in [6.07, 6.45) is 0.788. The topological polar surface area (TPSA) is 82.0 Å². The second kappa shape index (κ2) is 5.77. The molecule has 0 aliphatic carbocycles. The molecular formula is C17H19NO4. The van der Waals surface area contributed by atoms with Crippen LogP contribution in [0.4, 0.5) is 0 Å². The van der Waals surface area contributed by atoms with Crippen LogP contribution in [0.3, 0.4) is 0 Å². The Balaban J connectivity index is 2.04. The Morgan fingerprint density at radius 3 is 2.64 bits per heavy atom. The van der Waals surface area contributed by atoms with Crippen LogP contribution >= 0.6 is 0 Å². The fourth-order valence-electron chi connectivity index (χ4n) is 2.86. The van der Waals surface area contributed by atoms with Gasteiger partial charge in [-0.05, 0) is 54.3 Å². The van der Waals surface area contributed by atoms with Crippen molar-refractivity contribution in [2.75, 3.05) is 13.2 Å². The van der Waals surface area contributed by atoms with Gasteiger partial charge >= 0.3 is 0 Å². The number of rotatable bonds is 3. The van der Waals surface area contributed by atoms with Gasteiger partial charge in [0.1, 0.15) is 0 Å². The van der Waals surface area contributed by atoms with Crippen molar-refractivity contribution in [2.45, 2.75) is 19.4 Å². The number of hydrogen-bond acceptors (Lipinski definition) is 5. The number of hydrogen-bond donors (Lipinski definition) is 4. The van der Waals surface area contributed by atoms with E-state index in [2.05, 4.69) is 5.32 Å². The molecule has 0 saturated heterocycles. The van der Waals surface area contributed by atoms with E-state index in [1.54, 1.807) is 24.3 Å². The van der Waals surface area contributed by atoms with E-state index in [4.69, 9.17) is 4.74 Å². The maximum atomic E-state index is 9.82. The predicted octanol–water partition coefficient (Wildman–Crippen LogP) is 2.44. The van der Waals surface area contributed by atoms with Crippen LogP contribution in [-0.2, 0) is 6.42 Å². The van der Waals surface area contributed by atoms with Crippen molar-refractivity contribution in [3.05, 3.63) is 47.0 Å². The van der Waals surface area contributed by atoms with Crippen LogP contribution in [0, 0.1) is 0 Å². The van der Waals surface area contributed by atoms with Crippen molar-refractivity contribution in [3.63, 3.8) is 0 Å². The minimum absolute atomic E-state index is 0.0971. The highest BCUT2D eigenvalue weighted by molar-refractivity contribution is 5.52. The van der Waals surface area contributed by atoms with Crippen molar-refractivity contribution >= 4 is 0 Å². The van der Waals surface area contributed by atoms with Crippen LogP contribution in [-0.4, -0.2) is 28.5 Å². The van der Waals surface area contributed by atoms with Gasteiger partial charge in [0.25, 0.3) is 0 Å². The zero-order valence-electron chi connectivity index (χ0n) is 12.3. The first kappa shape index (κ1) is 14.5. The number of aromatic hydroxyl groups is 3. The number of benzene rings is 2. The van der Waals surface area contributed by atoms with Crippen molar-refractivity contribution < 1.29 is 20.1 Å². The first-order valence-corrected chi connectivity index (χ1v) is 7.34. The molecule has 1 aliphatic heterocycles. The first-order valence-electron chi connectivity index (χ1n) is 7.34. The highest BCUT2D eigenvalue weighted by atomic mass is 16.5. The fourth-order valence-corrected chi connectivity index (χ4v) is 2.86. The van der Waals surface area contributed by atoms with Gasteiger partial charge in [0.15, 0.2) is 23.0 Å². The van der Waals surface area contributed by atoms with E-state index < -0.39 is 0 Å². The molecule has 1 aliphatic rings. The zero-order valence-corrected chi connectivity index (χ0v) is 12.3. The second-order valence-corrected chi connectivity index (χ2v) is 5.34. The van der Waals surface area contributed by atoms with Crippen molar-refractivity contribution in [3.8, 4) is 23.0 Å². The Morgan fingerprint density at radius 2 is 1.86 bits per heavy atom. The van der Waals surface area contributed by atoms with Gasteiger partial charge in [0.05, 0.1) is 12.6 Å². The Hall–Kier alpha value is -2.40. The molecule has 1 atom stereocenters. The number of phenols is 3. The molecule has 0 aromatic heterocycles. The van der Waals surface area contributed by atoms with E-state index in [9.17, 15) is 15.3 Å². The van der Waals surface area contributed by atoms with Crippen molar-refractivity contribution in [2.24, 2.45) is 0 Å². The van der Waals surface area contributed by atoms with Gasteiger partial charge < -0.3 is 25.4 Å². The number of fused-ring (bicyclic) bond motifs is 1. The van der Waals surface area contributed by atoms with Gasteiger partial charge in [-0.3, -0.25) is 0 Å². The molecule has 1 heterocycles. The van der Waals surface area contributed by atoms with E-state index >= 15 is 0 Å². The van der Waals surface area contributed by atoms with E-state index in [1.807, 2.05) is 13.0 Å². The second-order valence-electron chi connectivity index (χ2n) is 5.34. The van der Waals surface area contributed by atoms with Gasteiger partial charge in [0.2, 0.25) is 0 Å². The first-order chi connectivity index (χ1) is 10.6. The largest absolute Gasteiger partial charge is 0.504 e. The van der Waals surface area contributed by atoms with Crippen LogP contribution < -0.4 is 10.1 Å². The molecule has 0 unspecified atom stereocenters. The molecule has 0 fully saturated rings. The summed E-state index contributed by atoms with van der Waals surface area (Å²) in [5.41, 5.74) is 2.87. The van der Waals surface area contributed by atoms with E-state index in [1.165, 1.54) is 0 Å². The average molecular weight is 301 g/mol. The molecule has 0 radical (unpaired) electrons. The zero-order chi connectivity index (χ0) is 15.7. The van der Waals surface area contributed by atoms with Gasteiger partial charge in [-0.15, -0.1) is 0 Å². The van der Waals surface area contributed by atoms with Crippen LogP contribution in [0.2, 0.25) is 0 Å². The molecule has 22 heavy (non-hydrogen) atoms. The molecule has 5 nitrogen and oxygen atoms in total. The molecule has 0 bridgehead atoms. The van der Waals surface area contributed by atoms with Crippen LogP contribution in [0.5, 0.6) is 23.0 Å². The molecule has 0 saturated carbocycles. The van der Waals surface area contributed by atoms with Crippen LogP contribution in [0.1, 0.15) is 29.7 Å². The minimum Gasteiger partial charge on any atom is -0.504 e. The third-order valence-electron chi connectivity index (χ3n) is 3.91. The summed E-state index contributed by atoms with van der Waals surface area (Å²) in [5, 5.41) is 32.7. The maximum Gasteiger partial charge on any atom is 0.161 e. The smallest absolute Gasteiger partial charge is 0.161 e. The highest BCUT2D eigenvalue weighted by Crippen LogP contribution is 2.38. The van der Waals surface area contributed by atoms with Gasteiger partial charge in [-0.1, -0.05) is 6.07 Å². The summed E-state index contributed by atoms with van der Waals surface area (Å²) in [6.45, 7) is 3.11. The average Bonchev–Trinajstić information content (AvgIpc) is 2.50. The summed E-state index contributed by atoms with van der Waals surface area (Å²) in [6, 6.07) is 8.33. The number of phenolic OH excluding ortho intramolecular Hbond substituents is 3. The molecule has 2 aromatic carbocycles. The van der Waals surface area contributed by atoms with E-state index in [0.29, 0.717) is 12.4 Å². The van der Waals surface area contributed by atoms with Crippen molar-refractivity contribution in [1.82, 2.24) is 5.32 Å². The molecule has 0 amide bonds. The summed E-state index contributed by atoms with van der Waals surface area (Å²) >= 11 is 0. The molecule has 116 valence electrons. The lowest BCUT2D eigenvalue weighted by Gasteiger charge is -2.28.